The van der Waals surface area contributed by atoms with Crippen LogP contribution in [0.2, 0.25) is 0 Å². The minimum atomic E-state index is -0.636. The molecule has 21 heavy (non-hydrogen) atoms. The van der Waals surface area contributed by atoms with Gasteiger partial charge in [-0.25, -0.2) is 13.9 Å². The summed E-state index contributed by atoms with van der Waals surface area (Å²) in [5.74, 6) is -1.21. The first-order chi connectivity index (χ1) is 9.93. The summed E-state index contributed by atoms with van der Waals surface area (Å²) in [6, 6.07) is 2.11. The van der Waals surface area contributed by atoms with E-state index in [1.807, 2.05) is 0 Å². The first-order valence-electron chi connectivity index (χ1n) is 5.79. The van der Waals surface area contributed by atoms with Crippen LogP contribution in [0, 0.1) is 19.5 Å². The normalized spacial score (nSPS) is 10.4. The molecule has 1 heterocycles. The summed E-state index contributed by atoms with van der Waals surface area (Å²) < 4.78 is 19.6. The second kappa shape index (κ2) is 6.16. The zero-order chi connectivity index (χ0) is 15.6. The Morgan fingerprint density at radius 3 is 2.90 bits per heavy atom. The molecule has 0 aliphatic rings. The van der Waals surface area contributed by atoms with E-state index in [1.165, 1.54) is 12.4 Å². The number of halogens is 2. The van der Waals surface area contributed by atoms with Gasteiger partial charge in [-0.15, -0.1) is 0 Å². The number of esters is 1. The van der Waals surface area contributed by atoms with Gasteiger partial charge in [-0.05, 0) is 29.5 Å². The molecule has 0 fully saturated rings. The molecule has 0 unspecified atom stereocenters. The predicted octanol–water partition coefficient (Wildman–Crippen LogP) is 2.70. The fourth-order valence-corrected chi connectivity index (χ4v) is 2.08. The molecule has 0 atom stereocenters. The van der Waals surface area contributed by atoms with Gasteiger partial charge in [0, 0.05) is 18.3 Å². The van der Waals surface area contributed by atoms with Crippen molar-refractivity contribution >= 4 is 34.2 Å². The highest BCUT2D eigenvalue weighted by Gasteiger charge is 2.21. The maximum atomic E-state index is 13.6. The Hall–Kier alpha value is -2.04. The Balaban J connectivity index is 2.49. The molecule has 0 bridgehead atoms. The molecular weight excluding hydrogens is 396 g/mol. The van der Waals surface area contributed by atoms with E-state index < -0.39 is 16.7 Å². The lowest BCUT2D eigenvalue weighted by molar-refractivity contribution is -0.384. The number of rotatable bonds is 4. The smallest absolute Gasteiger partial charge is 0.341 e. The standard InChI is InChI=1S/C12H9FIN3O4/c1-2-21-12(18)7-5-15-16(6-7)10-3-8(13)9(14)4-11(10)17(19)20/h3-6H,2H2,1H3. The van der Waals surface area contributed by atoms with E-state index in [9.17, 15) is 19.3 Å². The van der Waals surface area contributed by atoms with Crippen molar-refractivity contribution in [2.75, 3.05) is 6.61 Å². The minimum absolute atomic E-state index is 0.0616. The number of nitro benzene ring substituents is 1. The molecule has 110 valence electrons. The van der Waals surface area contributed by atoms with E-state index in [4.69, 9.17) is 4.74 Å². The highest BCUT2D eigenvalue weighted by Crippen LogP contribution is 2.27. The van der Waals surface area contributed by atoms with Crippen LogP contribution in [-0.2, 0) is 4.74 Å². The van der Waals surface area contributed by atoms with Crippen LogP contribution >= 0.6 is 22.6 Å². The quantitative estimate of drug-likeness (QED) is 0.338. The van der Waals surface area contributed by atoms with E-state index in [0.29, 0.717) is 0 Å². The molecule has 9 heteroatoms. The van der Waals surface area contributed by atoms with Crippen molar-refractivity contribution in [3.63, 3.8) is 0 Å². The van der Waals surface area contributed by atoms with Crippen molar-refractivity contribution < 1.29 is 18.8 Å². The summed E-state index contributed by atoms with van der Waals surface area (Å²) in [4.78, 5) is 22.0. The van der Waals surface area contributed by atoms with Crippen molar-refractivity contribution in [1.82, 2.24) is 9.78 Å². The van der Waals surface area contributed by atoms with Gasteiger partial charge < -0.3 is 4.74 Å². The summed E-state index contributed by atoms with van der Waals surface area (Å²) in [5, 5.41) is 14.9. The maximum Gasteiger partial charge on any atom is 0.341 e. The van der Waals surface area contributed by atoms with E-state index in [2.05, 4.69) is 5.10 Å². The van der Waals surface area contributed by atoms with Crippen molar-refractivity contribution in [3.8, 4) is 5.69 Å². The monoisotopic (exact) mass is 405 g/mol. The van der Waals surface area contributed by atoms with Crippen molar-refractivity contribution in [3.05, 3.63) is 49.6 Å². The third-order valence-corrected chi connectivity index (χ3v) is 3.38. The fourth-order valence-electron chi connectivity index (χ4n) is 1.63. The number of ether oxygens (including phenoxy) is 1. The number of nitrogens with zero attached hydrogens (tertiary/aromatic N) is 3. The number of carbonyl (C=O) groups is 1. The number of hydrogen-bond donors (Lipinski definition) is 0. The third kappa shape index (κ3) is 3.17. The van der Waals surface area contributed by atoms with E-state index in [-0.39, 0.29) is 27.1 Å². The average molecular weight is 405 g/mol. The highest BCUT2D eigenvalue weighted by molar-refractivity contribution is 14.1. The molecule has 1 aromatic carbocycles. The molecule has 0 spiro atoms. The van der Waals surface area contributed by atoms with Crippen LogP contribution in [0.25, 0.3) is 5.69 Å². The molecule has 0 N–H and O–H groups in total. The lowest BCUT2D eigenvalue weighted by Gasteiger charge is -2.04. The first kappa shape index (κ1) is 15.4. The molecule has 0 amide bonds. The highest BCUT2D eigenvalue weighted by atomic mass is 127. The summed E-state index contributed by atoms with van der Waals surface area (Å²) in [5.41, 5.74) is -0.238. The Morgan fingerprint density at radius 2 is 2.29 bits per heavy atom. The summed E-state index contributed by atoms with van der Waals surface area (Å²) in [6.45, 7) is 1.85. The average Bonchev–Trinajstić information content (AvgIpc) is 2.91. The van der Waals surface area contributed by atoms with Gasteiger partial charge >= 0.3 is 5.97 Å². The number of hydrogen-bond acceptors (Lipinski definition) is 5. The largest absolute Gasteiger partial charge is 0.462 e. The topological polar surface area (TPSA) is 87.3 Å². The van der Waals surface area contributed by atoms with Gasteiger partial charge in [0.2, 0.25) is 0 Å². The zero-order valence-electron chi connectivity index (χ0n) is 10.7. The molecule has 0 aliphatic heterocycles. The van der Waals surface area contributed by atoms with Gasteiger partial charge in [0.15, 0.2) is 0 Å². The summed E-state index contributed by atoms with van der Waals surface area (Å²) >= 11 is 1.66. The third-order valence-electron chi connectivity index (χ3n) is 2.55. The Labute approximate surface area is 132 Å². The molecule has 7 nitrogen and oxygen atoms in total. The maximum absolute atomic E-state index is 13.6. The Kier molecular flexibility index (Phi) is 4.50. The number of carbonyl (C=O) groups excluding carboxylic acids is 1. The second-order valence-corrected chi connectivity index (χ2v) is 5.07. The van der Waals surface area contributed by atoms with E-state index in [0.717, 1.165) is 16.8 Å². The molecule has 0 saturated carbocycles. The molecular formula is C12H9FIN3O4. The molecule has 0 saturated heterocycles. The van der Waals surface area contributed by atoms with Gasteiger partial charge in [0.05, 0.1) is 26.9 Å². The second-order valence-electron chi connectivity index (χ2n) is 3.91. The number of aromatic nitrogens is 2. The zero-order valence-corrected chi connectivity index (χ0v) is 12.9. The van der Waals surface area contributed by atoms with Crippen LogP contribution in [-0.4, -0.2) is 27.3 Å². The van der Waals surface area contributed by atoms with Gasteiger partial charge in [-0.1, -0.05) is 0 Å². The predicted molar refractivity (Wildman–Crippen MR) is 78.8 cm³/mol. The van der Waals surface area contributed by atoms with Crippen molar-refractivity contribution in [1.29, 1.82) is 0 Å². The lowest BCUT2D eigenvalue weighted by Crippen LogP contribution is -2.04. The Bertz CT molecular complexity index is 717. The summed E-state index contributed by atoms with van der Waals surface area (Å²) in [7, 11) is 0. The van der Waals surface area contributed by atoms with Gasteiger partial charge in [-0.2, -0.15) is 5.10 Å². The van der Waals surface area contributed by atoms with Crippen LogP contribution < -0.4 is 0 Å². The van der Waals surface area contributed by atoms with Crippen LogP contribution in [0.4, 0.5) is 10.1 Å². The van der Waals surface area contributed by atoms with Crippen LogP contribution in [0.3, 0.4) is 0 Å². The number of benzene rings is 1. The van der Waals surface area contributed by atoms with Crippen LogP contribution in [0.1, 0.15) is 17.3 Å². The fraction of sp³-hybridized carbons (Fsp3) is 0.167. The van der Waals surface area contributed by atoms with Crippen molar-refractivity contribution in [2.24, 2.45) is 0 Å². The van der Waals surface area contributed by atoms with E-state index >= 15 is 0 Å². The first-order valence-corrected chi connectivity index (χ1v) is 6.87. The van der Waals surface area contributed by atoms with Gasteiger partial charge in [0.25, 0.3) is 5.69 Å². The van der Waals surface area contributed by atoms with Gasteiger partial charge in [0.1, 0.15) is 11.5 Å². The lowest BCUT2D eigenvalue weighted by atomic mass is 10.2. The Morgan fingerprint density at radius 1 is 1.57 bits per heavy atom. The molecule has 0 radical (unpaired) electrons. The van der Waals surface area contributed by atoms with Crippen LogP contribution in [0.15, 0.2) is 24.5 Å². The SMILES string of the molecule is CCOC(=O)c1cnn(-c2cc(F)c(I)cc2[N+](=O)[O-])c1. The molecule has 2 aromatic rings. The molecule has 0 aliphatic carbocycles. The minimum Gasteiger partial charge on any atom is -0.462 e. The summed E-state index contributed by atoms with van der Waals surface area (Å²) in [6.07, 6.45) is 2.46. The van der Waals surface area contributed by atoms with Gasteiger partial charge in [-0.3, -0.25) is 10.1 Å². The van der Waals surface area contributed by atoms with E-state index in [1.54, 1.807) is 29.5 Å². The van der Waals surface area contributed by atoms with Crippen LogP contribution in [0.5, 0.6) is 0 Å². The molecule has 2 rings (SSSR count). The molecule has 1 aromatic heterocycles. The van der Waals surface area contributed by atoms with Crippen molar-refractivity contribution in [2.45, 2.75) is 6.92 Å². The number of nitro groups is 1.